The highest BCUT2D eigenvalue weighted by Crippen LogP contribution is 2.33. The topological polar surface area (TPSA) is 90.7 Å². The van der Waals surface area contributed by atoms with Crippen LogP contribution in [0.15, 0.2) is 51.9 Å². The van der Waals surface area contributed by atoms with Gasteiger partial charge in [0.05, 0.1) is 30.0 Å². The van der Waals surface area contributed by atoms with Crippen LogP contribution in [0, 0.1) is 13.8 Å². The van der Waals surface area contributed by atoms with E-state index in [1.165, 1.54) is 0 Å². The van der Waals surface area contributed by atoms with Gasteiger partial charge in [-0.2, -0.15) is 0 Å². The first kappa shape index (κ1) is 20.7. The van der Waals surface area contributed by atoms with E-state index in [1.54, 1.807) is 56.4 Å². The zero-order chi connectivity index (χ0) is 21.0. The van der Waals surface area contributed by atoms with Crippen molar-refractivity contribution in [3.05, 3.63) is 54.0 Å². The average molecular weight is 416 g/mol. The zero-order valence-corrected chi connectivity index (χ0v) is 17.7. The van der Waals surface area contributed by atoms with Gasteiger partial charge in [-0.15, -0.1) is 0 Å². The van der Waals surface area contributed by atoms with E-state index in [2.05, 4.69) is 9.71 Å². The molecule has 1 aromatic heterocycles. The molecule has 0 unspecified atom stereocenters. The van der Waals surface area contributed by atoms with Gasteiger partial charge >= 0.3 is 0 Å². The standard InChI is InChI=1S/C21H24N2O5S/c1-5-26-17-9-10-19(27-6-2)18(12-17)23-29(24,25)21-11-16(8-7-14(21)3)20-13-22-15(4)28-20/h7-13,23H,5-6H2,1-4H3. The Morgan fingerprint density at radius 3 is 2.45 bits per heavy atom. The van der Waals surface area contributed by atoms with E-state index < -0.39 is 10.0 Å². The van der Waals surface area contributed by atoms with E-state index in [1.807, 2.05) is 13.8 Å². The molecular weight excluding hydrogens is 392 g/mol. The molecule has 29 heavy (non-hydrogen) atoms. The number of nitrogens with zero attached hydrogens (tertiary/aromatic N) is 1. The molecule has 0 aliphatic carbocycles. The highest BCUT2D eigenvalue weighted by molar-refractivity contribution is 7.92. The van der Waals surface area contributed by atoms with Crippen molar-refractivity contribution in [3.8, 4) is 22.8 Å². The van der Waals surface area contributed by atoms with Crippen molar-refractivity contribution in [2.75, 3.05) is 17.9 Å². The first-order valence-electron chi connectivity index (χ1n) is 9.30. The van der Waals surface area contributed by atoms with Crippen LogP contribution >= 0.6 is 0 Å². The third kappa shape index (κ3) is 4.71. The van der Waals surface area contributed by atoms with Gasteiger partial charge in [0.15, 0.2) is 11.7 Å². The second-order valence-electron chi connectivity index (χ2n) is 6.35. The zero-order valence-electron chi connectivity index (χ0n) is 16.9. The monoisotopic (exact) mass is 416 g/mol. The lowest BCUT2D eigenvalue weighted by Crippen LogP contribution is -2.15. The molecule has 1 heterocycles. The van der Waals surface area contributed by atoms with Crippen molar-refractivity contribution in [1.29, 1.82) is 0 Å². The molecule has 2 aromatic carbocycles. The molecule has 0 bridgehead atoms. The third-order valence-electron chi connectivity index (χ3n) is 4.19. The first-order chi connectivity index (χ1) is 13.8. The molecule has 0 atom stereocenters. The summed E-state index contributed by atoms with van der Waals surface area (Å²) in [4.78, 5) is 4.22. The number of hydrogen-bond acceptors (Lipinski definition) is 6. The van der Waals surface area contributed by atoms with Crippen molar-refractivity contribution < 1.29 is 22.3 Å². The van der Waals surface area contributed by atoms with E-state index >= 15 is 0 Å². The summed E-state index contributed by atoms with van der Waals surface area (Å²) in [5, 5.41) is 0. The molecule has 154 valence electrons. The Morgan fingerprint density at radius 1 is 1.03 bits per heavy atom. The van der Waals surface area contributed by atoms with Gasteiger partial charge in [0, 0.05) is 18.6 Å². The Bertz CT molecular complexity index is 1110. The largest absolute Gasteiger partial charge is 0.494 e. The molecule has 1 N–H and O–H groups in total. The molecule has 0 fully saturated rings. The summed E-state index contributed by atoms with van der Waals surface area (Å²) in [6.07, 6.45) is 1.57. The van der Waals surface area contributed by atoms with E-state index in [9.17, 15) is 8.42 Å². The summed E-state index contributed by atoms with van der Waals surface area (Å²) < 4.78 is 45.6. The van der Waals surface area contributed by atoms with Crippen LogP contribution in [0.2, 0.25) is 0 Å². The Balaban J connectivity index is 2.00. The fraction of sp³-hybridized carbons (Fsp3) is 0.286. The lowest BCUT2D eigenvalue weighted by atomic mass is 10.1. The van der Waals surface area contributed by atoms with Crippen molar-refractivity contribution in [2.24, 2.45) is 0 Å². The number of rotatable bonds is 8. The second kappa shape index (κ2) is 8.57. The Hall–Kier alpha value is -3.00. The van der Waals surface area contributed by atoms with Crippen LogP contribution in [-0.4, -0.2) is 26.6 Å². The van der Waals surface area contributed by atoms with Crippen molar-refractivity contribution >= 4 is 15.7 Å². The molecule has 0 spiro atoms. The van der Waals surface area contributed by atoms with Crippen LogP contribution in [0.5, 0.6) is 11.5 Å². The number of sulfonamides is 1. The van der Waals surface area contributed by atoms with Crippen LogP contribution in [0.1, 0.15) is 25.3 Å². The summed E-state index contributed by atoms with van der Waals surface area (Å²) >= 11 is 0. The normalized spacial score (nSPS) is 11.3. The van der Waals surface area contributed by atoms with Gasteiger partial charge in [-0.1, -0.05) is 12.1 Å². The minimum absolute atomic E-state index is 0.147. The minimum atomic E-state index is -3.89. The molecular formula is C21H24N2O5S. The van der Waals surface area contributed by atoms with E-state index in [-0.39, 0.29) is 4.90 Å². The number of benzene rings is 2. The lowest BCUT2D eigenvalue weighted by molar-refractivity contribution is 0.332. The quantitative estimate of drug-likeness (QED) is 0.579. The number of nitrogens with one attached hydrogen (secondary N) is 1. The third-order valence-corrected chi connectivity index (χ3v) is 5.70. The van der Waals surface area contributed by atoms with E-state index in [0.29, 0.717) is 53.2 Å². The van der Waals surface area contributed by atoms with Crippen molar-refractivity contribution in [1.82, 2.24) is 4.98 Å². The van der Waals surface area contributed by atoms with Crippen LogP contribution < -0.4 is 14.2 Å². The van der Waals surface area contributed by atoms with E-state index in [0.717, 1.165) is 0 Å². The summed E-state index contributed by atoms with van der Waals surface area (Å²) in [6, 6.07) is 10.2. The molecule has 8 heteroatoms. The Morgan fingerprint density at radius 2 is 1.79 bits per heavy atom. The second-order valence-corrected chi connectivity index (χ2v) is 8.00. The Kier molecular flexibility index (Phi) is 6.12. The molecule has 0 radical (unpaired) electrons. The van der Waals surface area contributed by atoms with Gasteiger partial charge in [-0.25, -0.2) is 13.4 Å². The predicted molar refractivity (Wildman–Crippen MR) is 111 cm³/mol. The first-order valence-corrected chi connectivity index (χ1v) is 10.8. The van der Waals surface area contributed by atoms with Crippen LogP contribution in [0.4, 0.5) is 5.69 Å². The molecule has 3 aromatic rings. The summed E-state index contributed by atoms with van der Waals surface area (Å²) in [7, 11) is -3.89. The predicted octanol–water partition coefficient (Wildman–Crippen LogP) is 4.56. The van der Waals surface area contributed by atoms with Gasteiger partial charge in [-0.05, 0) is 44.5 Å². The average Bonchev–Trinajstić information content (AvgIpc) is 3.10. The van der Waals surface area contributed by atoms with Crippen LogP contribution in [0.3, 0.4) is 0 Å². The number of hydrogen-bond donors (Lipinski definition) is 1. The maximum Gasteiger partial charge on any atom is 0.262 e. The highest BCUT2D eigenvalue weighted by Gasteiger charge is 2.21. The smallest absolute Gasteiger partial charge is 0.262 e. The molecule has 0 saturated carbocycles. The van der Waals surface area contributed by atoms with Gasteiger partial charge in [0.2, 0.25) is 0 Å². The number of anilines is 1. The maximum atomic E-state index is 13.2. The number of aryl methyl sites for hydroxylation is 2. The van der Waals surface area contributed by atoms with Gasteiger partial charge < -0.3 is 13.9 Å². The minimum Gasteiger partial charge on any atom is -0.494 e. The molecule has 0 aliphatic rings. The molecule has 3 rings (SSSR count). The lowest BCUT2D eigenvalue weighted by Gasteiger charge is -2.16. The fourth-order valence-electron chi connectivity index (χ4n) is 2.86. The number of oxazole rings is 1. The summed E-state index contributed by atoms with van der Waals surface area (Å²) in [5.41, 5.74) is 1.55. The van der Waals surface area contributed by atoms with Gasteiger partial charge in [0.25, 0.3) is 10.0 Å². The molecule has 7 nitrogen and oxygen atoms in total. The Labute approximate surface area is 170 Å². The maximum absolute atomic E-state index is 13.2. The summed E-state index contributed by atoms with van der Waals surface area (Å²) in [6.45, 7) is 8.05. The van der Waals surface area contributed by atoms with Crippen LogP contribution in [-0.2, 0) is 10.0 Å². The number of ether oxygens (including phenoxy) is 2. The van der Waals surface area contributed by atoms with Crippen molar-refractivity contribution in [2.45, 2.75) is 32.6 Å². The van der Waals surface area contributed by atoms with Crippen LogP contribution in [0.25, 0.3) is 11.3 Å². The number of aromatic nitrogens is 1. The van der Waals surface area contributed by atoms with Gasteiger partial charge in [-0.3, -0.25) is 4.72 Å². The molecule has 0 aliphatic heterocycles. The highest BCUT2D eigenvalue weighted by atomic mass is 32.2. The van der Waals surface area contributed by atoms with E-state index in [4.69, 9.17) is 13.9 Å². The summed E-state index contributed by atoms with van der Waals surface area (Å²) in [5.74, 6) is 2.00. The fourth-order valence-corrected chi connectivity index (χ4v) is 4.20. The van der Waals surface area contributed by atoms with Crippen molar-refractivity contribution in [3.63, 3.8) is 0 Å². The van der Waals surface area contributed by atoms with Gasteiger partial charge in [0.1, 0.15) is 11.5 Å². The molecule has 0 amide bonds. The SMILES string of the molecule is CCOc1ccc(OCC)c(NS(=O)(=O)c2cc(-c3cnc(C)o3)ccc2C)c1. The molecule has 0 saturated heterocycles.